The van der Waals surface area contributed by atoms with Crippen LogP contribution in [0.15, 0.2) is 41.5 Å². The van der Waals surface area contributed by atoms with Gasteiger partial charge in [-0.2, -0.15) is 5.10 Å². The number of aromatic nitrogens is 2. The Morgan fingerprint density at radius 1 is 1.25 bits per heavy atom. The van der Waals surface area contributed by atoms with Crippen LogP contribution in [-0.4, -0.2) is 23.2 Å². The minimum absolute atomic E-state index is 0. The van der Waals surface area contributed by atoms with Crippen molar-refractivity contribution in [3.8, 4) is 0 Å². The normalized spacial score (nSPS) is 10.8. The van der Waals surface area contributed by atoms with E-state index < -0.39 is 0 Å². The number of nitrogens with zero attached hydrogens (tertiary/aromatic N) is 2. The number of rotatable bonds is 4. The van der Waals surface area contributed by atoms with Crippen molar-refractivity contribution < 1.29 is 4.39 Å². The molecule has 3 N–H and O–H groups in total. The summed E-state index contributed by atoms with van der Waals surface area (Å²) in [5, 5.41) is 12.9. The maximum absolute atomic E-state index is 13.4. The molecule has 0 fully saturated rings. The number of benzene rings is 1. The molecule has 0 spiro atoms. The van der Waals surface area contributed by atoms with Crippen LogP contribution in [0, 0.1) is 5.82 Å². The van der Waals surface area contributed by atoms with Gasteiger partial charge in [0.1, 0.15) is 5.82 Å². The van der Waals surface area contributed by atoms with Crippen LogP contribution in [-0.2, 0) is 13.1 Å². The van der Waals surface area contributed by atoms with Crippen molar-refractivity contribution >= 4 is 29.9 Å². The Morgan fingerprint density at radius 3 is 2.65 bits per heavy atom. The zero-order chi connectivity index (χ0) is 13.5. The minimum Gasteiger partial charge on any atom is -0.352 e. The van der Waals surface area contributed by atoms with Gasteiger partial charge in [-0.25, -0.2) is 4.39 Å². The third kappa shape index (κ3) is 4.80. The molecule has 0 amide bonds. The molecule has 0 aliphatic heterocycles. The third-order valence-electron chi connectivity index (χ3n) is 2.63. The SMILES string of the molecule is CN=C(NCc1ccn[nH]1)NCc1ccccc1F.I. The van der Waals surface area contributed by atoms with E-state index in [2.05, 4.69) is 25.8 Å². The summed E-state index contributed by atoms with van der Waals surface area (Å²) < 4.78 is 13.4. The predicted molar refractivity (Wildman–Crippen MR) is 87.4 cm³/mol. The van der Waals surface area contributed by atoms with Crippen LogP contribution in [0.2, 0.25) is 0 Å². The lowest BCUT2D eigenvalue weighted by atomic mass is 10.2. The largest absolute Gasteiger partial charge is 0.352 e. The molecule has 20 heavy (non-hydrogen) atoms. The Kier molecular flexibility index (Phi) is 6.99. The number of hydrogen-bond acceptors (Lipinski definition) is 2. The Balaban J connectivity index is 0.00000200. The van der Waals surface area contributed by atoms with Crippen molar-refractivity contribution in [3.63, 3.8) is 0 Å². The number of aromatic amines is 1. The maximum Gasteiger partial charge on any atom is 0.191 e. The van der Waals surface area contributed by atoms with Gasteiger partial charge in [0, 0.05) is 25.4 Å². The summed E-state index contributed by atoms with van der Waals surface area (Å²) in [6, 6.07) is 8.53. The van der Waals surface area contributed by atoms with Gasteiger partial charge in [-0.1, -0.05) is 18.2 Å². The summed E-state index contributed by atoms with van der Waals surface area (Å²) >= 11 is 0. The van der Waals surface area contributed by atoms with Gasteiger partial charge in [0.15, 0.2) is 5.96 Å². The molecular formula is C13H17FIN5. The van der Waals surface area contributed by atoms with Gasteiger partial charge in [0.2, 0.25) is 0 Å². The molecule has 0 aliphatic rings. The molecule has 0 unspecified atom stereocenters. The first-order chi connectivity index (χ1) is 9.29. The molecule has 2 aromatic rings. The highest BCUT2D eigenvalue weighted by molar-refractivity contribution is 14.0. The van der Waals surface area contributed by atoms with Gasteiger partial charge in [-0.15, -0.1) is 24.0 Å². The quantitative estimate of drug-likeness (QED) is 0.426. The molecule has 5 nitrogen and oxygen atoms in total. The lowest BCUT2D eigenvalue weighted by molar-refractivity contribution is 0.604. The smallest absolute Gasteiger partial charge is 0.191 e. The first-order valence-corrected chi connectivity index (χ1v) is 5.96. The van der Waals surface area contributed by atoms with Crippen LogP contribution in [0.1, 0.15) is 11.3 Å². The Bertz CT molecular complexity index is 541. The Labute approximate surface area is 134 Å². The van der Waals surface area contributed by atoms with Crippen molar-refractivity contribution in [2.75, 3.05) is 7.05 Å². The van der Waals surface area contributed by atoms with E-state index in [4.69, 9.17) is 0 Å². The number of aliphatic imine (C=N–C) groups is 1. The molecule has 1 aromatic heterocycles. The van der Waals surface area contributed by atoms with E-state index in [0.717, 1.165) is 5.69 Å². The van der Waals surface area contributed by atoms with Crippen LogP contribution in [0.25, 0.3) is 0 Å². The summed E-state index contributed by atoms with van der Waals surface area (Å²) in [7, 11) is 1.67. The van der Waals surface area contributed by atoms with Gasteiger partial charge < -0.3 is 10.6 Å². The van der Waals surface area contributed by atoms with Crippen molar-refractivity contribution in [3.05, 3.63) is 53.6 Å². The van der Waals surface area contributed by atoms with Gasteiger partial charge in [-0.3, -0.25) is 10.1 Å². The highest BCUT2D eigenvalue weighted by Gasteiger charge is 2.02. The molecule has 0 saturated heterocycles. The second-order valence-corrected chi connectivity index (χ2v) is 3.95. The highest BCUT2D eigenvalue weighted by atomic mass is 127. The zero-order valence-corrected chi connectivity index (χ0v) is 13.4. The van der Waals surface area contributed by atoms with Crippen LogP contribution in [0.3, 0.4) is 0 Å². The molecule has 0 aliphatic carbocycles. The van der Waals surface area contributed by atoms with E-state index in [0.29, 0.717) is 24.6 Å². The van der Waals surface area contributed by atoms with Crippen LogP contribution in [0.5, 0.6) is 0 Å². The third-order valence-corrected chi connectivity index (χ3v) is 2.63. The summed E-state index contributed by atoms with van der Waals surface area (Å²) in [6.07, 6.45) is 1.69. The Morgan fingerprint density at radius 2 is 2.00 bits per heavy atom. The van der Waals surface area contributed by atoms with Crippen molar-refractivity contribution in [1.82, 2.24) is 20.8 Å². The number of guanidine groups is 1. The molecule has 2 rings (SSSR count). The average molecular weight is 389 g/mol. The van der Waals surface area contributed by atoms with Crippen LogP contribution in [0.4, 0.5) is 4.39 Å². The molecule has 1 aromatic carbocycles. The lowest BCUT2D eigenvalue weighted by Crippen LogP contribution is -2.36. The summed E-state index contributed by atoms with van der Waals surface area (Å²) in [5.41, 5.74) is 1.56. The van der Waals surface area contributed by atoms with E-state index in [-0.39, 0.29) is 29.8 Å². The van der Waals surface area contributed by atoms with E-state index in [1.54, 1.807) is 31.4 Å². The van der Waals surface area contributed by atoms with Crippen molar-refractivity contribution in [1.29, 1.82) is 0 Å². The number of hydrogen-bond donors (Lipinski definition) is 3. The second-order valence-electron chi connectivity index (χ2n) is 3.95. The molecule has 0 atom stereocenters. The highest BCUT2D eigenvalue weighted by Crippen LogP contribution is 2.05. The van der Waals surface area contributed by atoms with Crippen LogP contribution < -0.4 is 10.6 Å². The predicted octanol–water partition coefficient (Wildman–Crippen LogP) is 2.03. The first-order valence-electron chi connectivity index (χ1n) is 5.96. The van der Waals surface area contributed by atoms with Crippen LogP contribution >= 0.6 is 24.0 Å². The molecule has 0 radical (unpaired) electrons. The summed E-state index contributed by atoms with van der Waals surface area (Å²) in [4.78, 5) is 4.07. The second kappa shape index (κ2) is 8.51. The Hall–Kier alpha value is -1.64. The molecule has 7 heteroatoms. The molecule has 1 heterocycles. The van der Waals surface area contributed by atoms with Gasteiger partial charge in [0.25, 0.3) is 0 Å². The van der Waals surface area contributed by atoms with Gasteiger partial charge in [0.05, 0.1) is 12.2 Å². The van der Waals surface area contributed by atoms with Crippen molar-refractivity contribution in [2.45, 2.75) is 13.1 Å². The van der Waals surface area contributed by atoms with E-state index in [9.17, 15) is 4.39 Å². The lowest BCUT2D eigenvalue weighted by Gasteiger charge is -2.11. The fraction of sp³-hybridized carbons (Fsp3) is 0.231. The maximum atomic E-state index is 13.4. The topological polar surface area (TPSA) is 65.1 Å². The number of nitrogens with one attached hydrogen (secondary N) is 3. The van der Waals surface area contributed by atoms with Crippen molar-refractivity contribution in [2.24, 2.45) is 4.99 Å². The number of H-pyrrole nitrogens is 1. The molecule has 0 saturated carbocycles. The number of halogens is 2. The monoisotopic (exact) mass is 389 g/mol. The standard InChI is InChI=1S/C13H16FN5.HI/c1-15-13(17-9-11-6-7-18-19-11)16-8-10-4-2-3-5-12(10)14;/h2-7H,8-9H2,1H3,(H,18,19)(H2,15,16,17);1H. The summed E-state index contributed by atoms with van der Waals surface area (Å²) in [5.74, 6) is 0.386. The average Bonchev–Trinajstić information content (AvgIpc) is 2.94. The van der Waals surface area contributed by atoms with E-state index in [1.165, 1.54) is 6.07 Å². The fourth-order valence-corrected chi connectivity index (χ4v) is 1.60. The first kappa shape index (κ1) is 16.4. The molecule has 0 bridgehead atoms. The molecule has 108 valence electrons. The molecular weight excluding hydrogens is 372 g/mol. The zero-order valence-electron chi connectivity index (χ0n) is 11.1. The summed E-state index contributed by atoms with van der Waals surface area (Å²) in [6.45, 7) is 0.965. The van der Waals surface area contributed by atoms with Gasteiger partial charge in [-0.05, 0) is 12.1 Å². The van der Waals surface area contributed by atoms with Gasteiger partial charge >= 0.3 is 0 Å². The van der Waals surface area contributed by atoms with E-state index >= 15 is 0 Å². The minimum atomic E-state index is -0.223. The fourth-order valence-electron chi connectivity index (χ4n) is 1.60. The van der Waals surface area contributed by atoms with E-state index in [1.807, 2.05) is 6.07 Å².